The molecule has 12 heteroatoms. The van der Waals surface area contributed by atoms with Crippen LogP contribution in [0.2, 0.25) is 0 Å². The maximum absolute atomic E-state index is 15.0. The predicted molar refractivity (Wildman–Crippen MR) is 187 cm³/mol. The van der Waals surface area contributed by atoms with Crippen molar-refractivity contribution in [2.75, 3.05) is 6.54 Å². The van der Waals surface area contributed by atoms with Crippen LogP contribution in [0.15, 0.2) is 114 Å². The first-order valence-corrected chi connectivity index (χ1v) is 16.4. The van der Waals surface area contributed by atoms with E-state index in [4.69, 9.17) is 0 Å². The van der Waals surface area contributed by atoms with Gasteiger partial charge in [0.15, 0.2) is 0 Å². The first-order chi connectivity index (χ1) is 24.0. The number of aromatic hydroxyl groups is 1. The Hall–Kier alpha value is -5.66. The summed E-state index contributed by atoms with van der Waals surface area (Å²) in [5.41, 5.74) is -0.356. The van der Waals surface area contributed by atoms with E-state index in [2.05, 4.69) is 15.6 Å². The average molecular weight is 694 g/mol. The summed E-state index contributed by atoms with van der Waals surface area (Å²) in [5, 5.41) is 48.3. The molecule has 0 radical (unpaired) electrons. The number of halogens is 1. The van der Waals surface area contributed by atoms with Gasteiger partial charge < -0.3 is 36.0 Å². The van der Waals surface area contributed by atoms with Gasteiger partial charge in [-0.3, -0.25) is 9.59 Å². The number of aromatic nitrogens is 1. The molecule has 2 heterocycles. The minimum Gasteiger partial charge on any atom is -0.506 e. The number of phenols is 1. The number of aliphatic hydroxyl groups is 2. The number of H-pyrrole nitrogens is 1. The first kappa shape index (κ1) is 34.2. The van der Waals surface area contributed by atoms with Crippen LogP contribution in [-0.2, 0) is 23.5 Å². The molecular formula is C38H32FN3O7S. The number of fused-ring (bicyclic) bond motifs is 1. The van der Waals surface area contributed by atoms with Gasteiger partial charge in [0.25, 0.3) is 5.91 Å². The van der Waals surface area contributed by atoms with E-state index < -0.39 is 29.4 Å². The number of aliphatic hydroxyl groups excluding tert-OH is 1. The van der Waals surface area contributed by atoms with Gasteiger partial charge in [0.2, 0.25) is 11.2 Å². The van der Waals surface area contributed by atoms with Crippen LogP contribution in [0.3, 0.4) is 0 Å². The quantitative estimate of drug-likeness (QED) is 0.0920. The number of carbonyl (C=O) groups is 2. The van der Waals surface area contributed by atoms with Crippen LogP contribution in [0, 0.1) is 5.82 Å². The van der Waals surface area contributed by atoms with Crippen LogP contribution in [0.4, 0.5) is 4.39 Å². The highest BCUT2D eigenvalue weighted by Gasteiger charge is 2.40. The largest absolute Gasteiger partial charge is 0.506 e. The summed E-state index contributed by atoms with van der Waals surface area (Å²) in [6.45, 7) is 0.308. The molecule has 0 aliphatic rings. The molecule has 0 spiro atoms. The molecule has 1 amide bonds. The molecule has 7 N–H and O–H groups in total. The number of carboxylic acid groups (broad SMARTS) is 1. The van der Waals surface area contributed by atoms with E-state index in [1.807, 2.05) is 18.2 Å². The first-order valence-electron chi connectivity index (χ1n) is 15.6. The topological polar surface area (TPSA) is 172 Å². The summed E-state index contributed by atoms with van der Waals surface area (Å²) in [7, 11) is 0. The molecule has 4 aromatic carbocycles. The number of thiophene rings is 1. The molecule has 6 rings (SSSR count). The fraction of sp³-hybridized carbons (Fsp3) is 0.132. The van der Waals surface area contributed by atoms with Crippen molar-refractivity contribution >= 4 is 34.1 Å². The van der Waals surface area contributed by atoms with Crippen LogP contribution in [0.5, 0.6) is 5.75 Å². The maximum Gasteiger partial charge on any atom is 0.345 e. The molecule has 0 aliphatic heterocycles. The molecule has 254 valence electrons. The lowest BCUT2D eigenvalue weighted by Gasteiger charge is -2.25. The van der Waals surface area contributed by atoms with Gasteiger partial charge in [0.05, 0.1) is 18.2 Å². The molecule has 0 saturated heterocycles. The maximum atomic E-state index is 15.0. The van der Waals surface area contributed by atoms with E-state index in [1.165, 1.54) is 41.7 Å². The fourth-order valence-electron chi connectivity index (χ4n) is 5.72. The van der Waals surface area contributed by atoms with Gasteiger partial charge in [-0.1, -0.05) is 60.7 Å². The summed E-state index contributed by atoms with van der Waals surface area (Å²) in [4.78, 5) is 40.9. The second-order valence-electron chi connectivity index (χ2n) is 11.6. The Morgan fingerprint density at radius 1 is 0.880 bits per heavy atom. The van der Waals surface area contributed by atoms with Crippen molar-refractivity contribution in [2.45, 2.75) is 24.8 Å². The number of amides is 1. The minimum atomic E-state index is -2.24. The van der Waals surface area contributed by atoms with Crippen molar-refractivity contribution in [3.8, 4) is 16.2 Å². The van der Waals surface area contributed by atoms with Crippen LogP contribution >= 0.6 is 11.3 Å². The molecule has 6 aromatic rings. The van der Waals surface area contributed by atoms with Crippen LogP contribution in [0.25, 0.3) is 21.3 Å². The van der Waals surface area contributed by atoms with E-state index >= 15 is 0 Å². The van der Waals surface area contributed by atoms with Gasteiger partial charge in [-0.05, 0) is 59.2 Å². The zero-order valence-electron chi connectivity index (χ0n) is 26.4. The minimum absolute atomic E-state index is 0.0568. The summed E-state index contributed by atoms with van der Waals surface area (Å²) >= 11 is 1.39. The highest BCUT2D eigenvalue weighted by molar-refractivity contribution is 7.15. The Morgan fingerprint density at radius 2 is 1.66 bits per heavy atom. The number of hydrogen-bond donors (Lipinski definition) is 7. The smallest absolute Gasteiger partial charge is 0.345 e. The molecule has 0 saturated carbocycles. The van der Waals surface area contributed by atoms with Crippen LogP contribution in [0.1, 0.15) is 43.6 Å². The highest BCUT2D eigenvalue weighted by Crippen LogP contribution is 2.35. The molecule has 10 nitrogen and oxygen atoms in total. The third kappa shape index (κ3) is 7.05. The van der Waals surface area contributed by atoms with E-state index in [0.29, 0.717) is 22.1 Å². The molecular weight excluding hydrogens is 661 g/mol. The number of hydrogen-bond acceptors (Lipinski definition) is 8. The van der Waals surface area contributed by atoms with Crippen molar-refractivity contribution in [2.24, 2.45) is 0 Å². The van der Waals surface area contributed by atoms with Gasteiger partial charge in [0.1, 0.15) is 11.6 Å². The van der Waals surface area contributed by atoms with Gasteiger partial charge in [-0.25, -0.2) is 9.18 Å². The van der Waals surface area contributed by atoms with Crippen molar-refractivity contribution < 1.29 is 34.4 Å². The standard InChI is InChI=1S/C38H32FN3O7S/c39-30-18-23(9-10-24(30)19-40-21-32(44)28-12-14-31(43)35-29(28)13-16-34(45)42-35)36(46)41-20-27-11-15-33(50-27)22-5-4-8-26(17-22)38(49,37(47)48)25-6-2-1-3-7-25/h1-18,32,40,43-44,49H,19-21H2,(H,41,46)(H,42,45)(H,47,48)/t32-,38-/m0/s1. The van der Waals surface area contributed by atoms with Crippen molar-refractivity contribution in [1.29, 1.82) is 0 Å². The Bertz CT molecular complexity index is 2260. The molecule has 2 atom stereocenters. The third-order valence-corrected chi connectivity index (χ3v) is 9.52. The molecule has 0 unspecified atom stereocenters. The zero-order valence-corrected chi connectivity index (χ0v) is 27.2. The molecule has 0 aliphatic carbocycles. The normalized spacial score (nSPS) is 13.1. The molecule has 50 heavy (non-hydrogen) atoms. The Balaban J connectivity index is 1.06. The van der Waals surface area contributed by atoms with Gasteiger partial charge >= 0.3 is 5.97 Å². The average Bonchev–Trinajstić information content (AvgIpc) is 3.61. The number of nitrogens with one attached hydrogen (secondary N) is 3. The van der Waals surface area contributed by atoms with Crippen LogP contribution < -0.4 is 16.2 Å². The second-order valence-corrected chi connectivity index (χ2v) is 12.8. The lowest BCUT2D eigenvalue weighted by molar-refractivity contribution is -0.155. The third-order valence-electron chi connectivity index (χ3n) is 8.38. The van der Waals surface area contributed by atoms with Gasteiger partial charge in [-0.15, -0.1) is 11.3 Å². The summed E-state index contributed by atoms with van der Waals surface area (Å²) in [6, 6.07) is 28.4. The van der Waals surface area contributed by atoms with Crippen molar-refractivity contribution in [3.05, 3.63) is 158 Å². The number of aromatic amines is 1. The number of benzene rings is 4. The van der Waals surface area contributed by atoms with Gasteiger partial charge in [0, 0.05) is 51.0 Å². The Labute approximate surface area is 289 Å². The van der Waals surface area contributed by atoms with E-state index in [-0.39, 0.29) is 53.2 Å². The Kier molecular flexibility index (Phi) is 9.88. The van der Waals surface area contributed by atoms with Gasteiger partial charge in [-0.2, -0.15) is 0 Å². The number of aliphatic carboxylic acids is 1. The highest BCUT2D eigenvalue weighted by atomic mass is 32.1. The molecule has 2 aromatic heterocycles. The number of pyridine rings is 1. The summed E-state index contributed by atoms with van der Waals surface area (Å²) in [6.07, 6.45) is -1.01. The monoisotopic (exact) mass is 693 g/mol. The lowest BCUT2D eigenvalue weighted by Crippen LogP contribution is -2.36. The SMILES string of the molecule is O=C(NCc1ccc(-c2cccc([C@](O)(C(=O)O)c3ccccc3)c2)s1)c1ccc(CNC[C@H](O)c2ccc(O)c3[nH]c(=O)ccc23)c(F)c1. The lowest BCUT2D eigenvalue weighted by atomic mass is 9.85. The number of carbonyl (C=O) groups excluding carboxylic acids is 1. The molecule has 0 bridgehead atoms. The van der Waals surface area contributed by atoms with E-state index in [0.717, 1.165) is 15.8 Å². The number of carboxylic acids is 1. The fourth-order valence-corrected chi connectivity index (χ4v) is 6.67. The number of rotatable bonds is 12. The predicted octanol–water partition coefficient (Wildman–Crippen LogP) is 5.18. The zero-order chi connectivity index (χ0) is 35.4. The van der Waals surface area contributed by atoms with Crippen molar-refractivity contribution in [3.63, 3.8) is 0 Å². The Morgan fingerprint density at radius 3 is 2.42 bits per heavy atom. The summed E-state index contributed by atoms with van der Waals surface area (Å²) in [5.74, 6) is -2.58. The number of phenolic OH excluding ortho intramolecular Hbond substituents is 1. The summed E-state index contributed by atoms with van der Waals surface area (Å²) < 4.78 is 15.0. The van der Waals surface area contributed by atoms with E-state index in [9.17, 15) is 39.2 Å². The molecule has 0 fully saturated rings. The second kappa shape index (κ2) is 14.4. The van der Waals surface area contributed by atoms with Crippen molar-refractivity contribution in [1.82, 2.24) is 15.6 Å². The van der Waals surface area contributed by atoms with E-state index in [1.54, 1.807) is 54.6 Å². The van der Waals surface area contributed by atoms with Crippen LogP contribution in [-0.4, -0.2) is 43.8 Å².